The quantitative estimate of drug-likeness (QED) is 0.0264. The molecule has 0 aliphatic carbocycles. The number of unbranched alkanes of at least 4 members (excludes halogenated alkanes) is 22. The van der Waals surface area contributed by atoms with E-state index < -0.39 is 6.10 Å². The Morgan fingerprint density at radius 2 is 0.672 bits per heavy atom. The van der Waals surface area contributed by atoms with Crippen LogP contribution in [0.3, 0.4) is 0 Å². The summed E-state index contributed by atoms with van der Waals surface area (Å²) >= 11 is 0. The molecule has 0 rings (SSSR count). The fraction of sp³-hybridized carbons (Fsp3) is 0.750. The van der Waals surface area contributed by atoms with Crippen molar-refractivity contribution in [3.63, 3.8) is 0 Å². The largest absolute Gasteiger partial charge is 0.462 e. The maximum atomic E-state index is 12.7. The maximum Gasteiger partial charge on any atom is 0.306 e. The van der Waals surface area contributed by atoms with Crippen LogP contribution in [-0.2, 0) is 28.6 Å². The minimum Gasteiger partial charge on any atom is -0.462 e. The number of esters is 3. The van der Waals surface area contributed by atoms with Crippen LogP contribution in [-0.4, -0.2) is 37.2 Å². The summed E-state index contributed by atoms with van der Waals surface area (Å²) in [5.74, 6) is -0.911. The maximum absolute atomic E-state index is 12.7. The van der Waals surface area contributed by atoms with Gasteiger partial charge in [0.05, 0.1) is 0 Å². The Balaban J connectivity index is 4.21. The van der Waals surface area contributed by atoms with Crippen LogP contribution in [0, 0.1) is 0 Å². The monoisotopic (exact) mass is 811 g/mol. The smallest absolute Gasteiger partial charge is 0.306 e. The molecule has 0 radical (unpaired) electrons. The van der Waals surface area contributed by atoms with Gasteiger partial charge in [-0.3, -0.25) is 14.4 Å². The van der Waals surface area contributed by atoms with Gasteiger partial charge in [-0.1, -0.05) is 210 Å². The molecule has 0 spiro atoms. The van der Waals surface area contributed by atoms with E-state index in [1.54, 1.807) is 0 Å². The van der Waals surface area contributed by atoms with E-state index in [0.717, 1.165) is 116 Å². The highest BCUT2D eigenvalue weighted by atomic mass is 16.6. The number of ether oxygens (including phenoxy) is 3. The normalized spacial score (nSPS) is 12.5. The molecule has 0 saturated heterocycles. The van der Waals surface area contributed by atoms with Crippen molar-refractivity contribution in [2.75, 3.05) is 13.2 Å². The summed E-state index contributed by atoms with van der Waals surface area (Å²) in [4.78, 5) is 37.6. The zero-order chi connectivity index (χ0) is 42.3. The Morgan fingerprint density at radius 1 is 0.362 bits per heavy atom. The predicted molar refractivity (Wildman–Crippen MR) is 247 cm³/mol. The van der Waals surface area contributed by atoms with Gasteiger partial charge in [0.15, 0.2) is 6.10 Å². The first-order valence-corrected chi connectivity index (χ1v) is 24.3. The fourth-order valence-electron chi connectivity index (χ4n) is 6.64. The number of allylic oxidation sites excluding steroid dienone is 10. The standard InChI is InChI=1S/C52H90O6/c1-4-7-10-13-15-17-19-21-23-24-25-26-27-28-29-31-32-34-36-39-42-45-51(54)57-48-49(47-56-50(53)44-41-38-12-9-6-3)58-52(55)46-43-40-37-35-33-30-22-20-18-16-14-11-8-5-2/h7,10,15,17,21,23,25-26,28-29,49H,4-6,8-9,11-14,16,18-20,22,24,27,30-48H2,1-3H3/b10-7-,17-15-,23-21-,26-25-,29-28-. The van der Waals surface area contributed by atoms with Crippen molar-refractivity contribution in [3.8, 4) is 0 Å². The zero-order valence-electron chi connectivity index (χ0n) is 38.0. The van der Waals surface area contributed by atoms with Gasteiger partial charge in [-0.25, -0.2) is 0 Å². The van der Waals surface area contributed by atoms with Crippen molar-refractivity contribution in [1.82, 2.24) is 0 Å². The average molecular weight is 811 g/mol. The van der Waals surface area contributed by atoms with Crippen LogP contribution in [0.15, 0.2) is 60.8 Å². The molecule has 0 saturated carbocycles. The van der Waals surface area contributed by atoms with E-state index in [0.29, 0.717) is 19.3 Å². The molecule has 6 heteroatoms. The molecule has 6 nitrogen and oxygen atoms in total. The third kappa shape index (κ3) is 44.2. The Hall–Kier alpha value is -2.89. The summed E-state index contributed by atoms with van der Waals surface area (Å²) in [7, 11) is 0. The van der Waals surface area contributed by atoms with Crippen molar-refractivity contribution in [1.29, 1.82) is 0 Å². The molecule has 334 valence electrons. The number of carbonyl (C=O) groups excluding carboxylic acids is 3. The molecular weight excluding hydrogens is 721 g/mol. The van der Waals surface area contributed by atoms with Crippen LogP contribution in [0.5, 0.6) is 0 Å². The van der Waals surface area contributed by atoms with Crippen LogP contribution in [0.4, 0.5) is 0 Å². The number of hydrogen-bond donors (Lipinski definition) is 0. The molecule has 0 heterocycles. The second kappa shape index (κ2) is 46.8. The summed E-state index contributed by atoms with van der Waals surface area (Å²) in [5.41, 5.74) is 0. The van der Waals surface area contributed by atoms with Crippen molar-refractivity contribution < 1.29 is 28.6 Å². The first-order chi connectivity index (χ1) is 28.5. The summed E-state index contributed by atoms with van der Waals surface area (Å²) in [6.07, 6.45) is 56.6. The van der Waals surface area contributed by atoms with E-state index in [-0.39, 0.29) is 31.1 Å². The lowest BCUT2D eigenvalue weighted by Crippen LogP contribution is -2.30. The molecule has 1 atom stereocenters. The summed E-state index contributed by atoms with van der Waals surface area (Å²) in [6, 6.07) is 0. The van der Waals surface area contributed by atoms with Gasteiger partial charge >= 0.3 is 17.9 Å². The number of rotatable bonds is 43. The highest BCUT2D eigenvalue weighted by Crippen LogP contribution is 2.15. The lowest BCUT2D eigenvalue weighted by molar-refractivity contribution is -0.167. The molecule has 0 aromatic rings. The molecule has 0 aliphatic rings. The molecule has 0 aliphatic heterocycles. The molecule has 0 fully saturated rings. The number of carbonyl (C=O) groups is 3. The topological polar surface area (TPSA) is 78.9 Å². The van der Waals surface area contributed by atoms with Crippen molar-refractivity contribution >= 4 is 17.9 Å². The second-order valence-corrected chi connectivity index (χ2v) is 16.0. The Labute approximate surface area is 358 Å². The van der Waals surface area contributed by atoms with E-state index in [1.807, 2.05) is 0 Å². The van der Waals surface area contributed by atoms with Gasteiger partial charge in [0.1, 0.15) is 13.2 Å². The van der Waals surface area contributed by atoms with Gasteiger partial charge in [-0.2, -0.15) is 0 Å². The summed E-state index contributed by atoms with van der Waals surface area (Å²) in [5, 5.41) is 0. The third-order valence-electron chi connectivity index (χ3n) is 10.3. The molecular formula is C52H90O6. The minimum absolute atomic E-state index is 0.0799. The molecule has 0 aromatic carbocycles. The van der Waals surface area contributed by atoms with Crippen LogP contribution in [0.1, 0.15) is 233 Å². The first kappa shape index (κ1) is 55.1. The molecule has 0 bridgehead atoms. The fourth-order valence-corrected chi connectivity index (χ4v) is 6.64. The van der Waals surface area contributed by atoms with Gasteiger partial charge in [0.25, 0.3) is 0 Å². The van der Waals surface area contributed by atoms with Gasteiger partial charge in [0.2, 0.25) is 0 Å². The highest BCUT2D eigenvalue weighted by Gasteiger charge is 2.19. The number of hydrogen-bond acceptors (Lipinski definition) is 6. The van der Waals surface area contributed by atoms with Crippen molar-refractivity contribution in [2.24, 2.45) is 0 Å². The molecule has 0 N–H and O–H groups in total. The van der Waals surface area contributed by atoms with Crippen LogP contribution < -0.4 is 0 Å². The van der Waals surface area contributed by atoms with Crippen LogP contribution in [0.25, 0.3) is 0 Å². The van der Waals surface area contributed by atoms with Crippen molar-refractivity contribution in [3.05, 3.63) is 60.8 Å². The van der Waals surface area contributed by atoms with Crippen LogP contribution >= 0.6 is 0 Å². The van der Waals surface area contributed by atoms with E-state index in [9.17, 15) is 14.4 Å². The minimum atomic E-state index is -0.775. The first-order valence-electron chi connectivity index (χ1n) is 24.3. The van der Waals surface area contributed by atoms with E-state index in [1.165, 1.54) is 77.0 Å². The van der Waals surface area contributed by atoms with E-state index >= 15 is 0 Å². The zero-order valence-corrected chi connectivity index (χ0v) is 38.0. The molecule has 0 aromatic heterocycles. The summed E-state index contributed by atoms with van der Waals surface area (Å²) < 4.78 is 16.6. The van der Waals surface area contributed by atoms with E-state index in [4.69, 9.17) is 14.2 Å². The highest BCUT2D eigenvalue weighted by molar-refractivity contribution is 5.71. The average Bonchev–Trinajstić information content (AvgIpc) is 3.22. The third-order valence-corrected chi connectivity index (χ3v) is 10.3. The predicted octanol–water partition coefficient (Wildman–Crippen LogP) is 15.7. The Bertz CT molecular complexity index is 1070. The summed E-state index contributed by atoms with van der Waals surface area (Å²) in [6.45, 7) is 6.42. The molecule has 58 heavy (non-hydrogen) atoms. The van der Waals surface area contributed by atoms with Gasteiger partial charge in [0, 0.05) is 19.3 Å². The Morgan fingerprint density at radius 3 is 1.05 bits per heavy atom. The van der Waals surface area contributed by atoms with Gasteiger partial charge in [-0.15, -0.1) is 0 Å². The van der Waals surface area contributed by atoms with E-state index in [2.05, 4.69) is 81.5 Å². The molecule has 1 unspecified atom stereocenters. The lowest BCUT2D eigenvalue weighted by atomic mass is 10.0. The second-order valence-electron chi connectivity index (χ2n) is 16.0. The molecule has 0 amide bonds. The van der Waals surface area contributed by atoms with Crippen molar-refractivity contribution in [2.45, 2.75) is 239 Å². The SMILES string of the molecule is CC/C=C\C/C=C\C/C=C\C/C=C\C/C=C\CCCCCCCC(=O)OCC(COC(=O)CCCCCCC)OC(=O)CCCCCCCCCCCCCCCC. The Kier molecular flexibility index (Phi) is 44.5. The van der Waals surface area contributed by atoms with Crippen LogP contribution in [0.2, 0.25) is 0 Å². The van der Waals surface area contributed by atoms with Gasteiger partial charge < -0.3 is 14.2 Å². The van der Waals surface area contributed by atoms with Gasteiger partial charge in [-0.05, 0) is 64.2 Å². The lowest BCUT2D eigenvalue weighted by Gasteiger charge is -2.18.